The van der Waals surface area contributed by atoms with Crippen molar-refractivity contribution in [2.24, 2.45) is 11.8 Å². The summed E-state index contributed by atoms with van der Waals surface area (Å²) >= 11 is 0. The zero-order chi connectivity index (χ0) is 7.28. The van der Waals surface area contributed by atoms with Gasteiger partial charge >= 0.3 is 0 Å². The minimum atomic E-state index is 0. The molecule has 0 aliphatic carbocycles. The second kappa shape index (κ2) is 7.11. The zero-order valence-electron chi connectivity index (χ0n) is 7.28. The highest BCUT2D eigenvalue weighted by atomic mass is 14.2. The average Bonchev–Trinajstić information content (AvgIpc) is 1.90. The molecule has 0 heteroatoms. The molecule has 0 spiro atoms. The number of rotatable bonds is 4. The summed E-state index contributed by atoms with van der Waals surface area (Å²) in [5.41, 5.74) is 0. The summed E-state index contributed by atoms with van der Waals surface area (Å²) in [6, 6.07) is 0. The highest BCUT2D eigenvalue weighted by molar-refractivity contribution is 4.60. The Morgan fingerprint density at radius 1 is 0.900 bits per heavy atom. The molecule has 1 atom stereocenters. The third-order valence-electron chi connectivity index (χ3n) is 2.50. The first kappa shape index (κ1) is 12.7. The van der Waals surface area contributed by atoms with Crippen LogP contribution in [0.3, 0.4) is 0 Å². The third-order valence-corrected chi connectivity index (χ3v) is 2.50. The average molecular weight is 144 g/mol. The predicted octanol–water partition coefficient (Wildman–Crippen LogP) is 4.10. The molecule has 0 aromatic rings. The lowest BCUT2D eigenvalue weighted by Crippen LogP contribution is -2.07. The van der Waals surface area contributed by atoms with Crippen LogP contribution in [0.2, 0.25) is 0 Å². The molecule has 0 radical (unpaired) electrons. The van der Waals surface area contributed by atoms with E-state index < -0.39 is 0 Å². The molecule has 0 fully saturated rings. The normalized spacial score (nSPS) is 12.9. The van der Waals surface area contributed by atoms with Crippen molar-refractivity contribution < 1.29 is 0 Å². The van der Waals surface area contributed by atoms with Crippen LogP contribution in [0.4, 0.5) is 0 Å². The third kappa shape index (κ3) is 3.92. The quantitative estimate of drug-likeness (QED) is 0.557. The molecule has 0 aliphatic rings. The van der Waals surface area contributed by atoms with Crippen molar-refractivity contribution in [2.75, 3.05) is 0 Å². The molecule has 0 heterocycles. The first-order chi connectivity index (χ1) is 4.26. The maximum Gasteiger partial charge on any atom is -0.0394 e. The van der Waals surface area contributed by atoms with Gasteiger partial charge in [-0.1, -0.05) is 54.4 Å². The molecule has 0 amide bonds. The molecular formula is C10H24. The van der Waals surface area contributed by atoms with Gasteiger partial charge in [-0.2, -0.15) is 0 Å². The lowest BCUT2D eigenvalue weighted by atomic mass is 9.88. The first-order valence-electron chi connectivity index (χ1n) is 4.26. The second-order valence-electron chi connectivity index (χ2n) is 2.96. The van der Waals surface area contributed by atoms with Crippen LogP contribution in [-0.4, -0.2) is 0 Å². The van der Waals surface area contributed by atoms with Crippen LogP contribution in [0.25, 0.3) is 0 Å². The minimum Gasteiger partial charge on any atom is -0.0776 e. The van der Waals surface area contributed by atoms with E-state index in [4.69, 9.17) is 0 Å². The maximum absolute atomic E-state index is 2.36. The smallest absolute Gasteiger partial charge is 0.0394 e. The van der Waals surface area contributed by atoms with Crippen molar-refractivity contribution in [3.8, 4) is 0 Å². The number of hydrogen-bond acceptors (Lipinski definition) is 0. The SMILES string of the molecule is C.CCC(C)C(CC)CC. The Morgan fingerprint density at radius 2 is 1.30 bits per heavy atom. The fraction of sp³-hybridized carbons (Fsp3) is 1.00. The van der Waals surface area contributed by atoms with Gasteiger partial charge in [0, 0.05) is 0 Å². The summed E-state index contributed by atoms with van der Waals surface area (Å²) in [4.78, 5) is 0. The monoisotopic (exact) mass is 144 g/mol. The molecule has 0 aliphatic heterocycles. The van der Waals surface area contributed by atoms with E-state index in [0.717, 1.165) is 11.8 Å². The van der Waals surface area contributed by atoms with E-state index in [1.807, 2.05) is 0 Å². The van der Waals surface area contributed by atoms with Gasteiger partial charge in [0.2, 0.25) is 0 Å². The first-order valence-corrected chi connectivity index (χ1v) is 4.26. The van der Waals surface area contributed by atoms with Crippen LogP contribution in [0.15, 0.2) is 0 Å². The molecule has 64 valence electrons. The number of hydrogen-bond donors (Lipinski definition) is 0. The van der Waals surface area contributed by atoms with Gasteiger partial charge in [0.05, 0.1) is 0 Å². The fourth-order valence-electron chi connectivity index (χ4n) is 1.43. The van der Waals surface area contributed by atoms with E-state index in [9.17, 15) is 0 Å². The van der Waals surface area contributed by atoms with Crippen LogP contribution in [0.1, 0.15) is 54.4 Å². The highest BCUT2D eigenvalue weighted by Gasteiger charge is 2.09. The molecule has 0 saturated heterocycles. The van der Waals surface area contributed by atoms with E-state index in [2.05, 4.69) is 27.7 Å². The van der Waals surface area contributed by atoms with Crippen molar-refractivity contribution in [3.63, 3.8) is 0 Å². The van der Waals surface area contributed by atoms with Crippen LogP contribution in [0.5, 0.6) is 0 Å². The molecule has 0 nitrogen and oxygen atoms in total. The van der Waals surface area contributed by atoms with Gasteiger partial charge in [-0.15, -0.1) is 0 Å². The molecule has 0 saturated carbocycles. The van der Waals surface area contributed by atoms with Crippen molar-refractivity contribution >= 4 is 0 Å². The lowest BCUT2D eigenvalue weighted by Gasteiger charge is -2.18. The van der Waals surface area contributed by atoms with Crippen molar-refractivity contribution in [1.82, 2.24) is 0 Å². The van der Waals surface area contributed by atoms with Crippen LogP contribution < -0.4 is 0 Å². The van der Waals surface area contributed by atoms with Gasteiger partial charge in [-0.25, -0.2) is 0 Å². The predicted molar refractivity (Wildman–Crippen MR) is 50.3 cm³/mol. The maximum atomic E-state index is 2.36. The summed E-state index contributed by atoms with van der Waals surface area (Å²) in [7, 11) is 0. The van der Waals surface area contributed by atoms with Crippen LogP contribution in [-0.2, 0) is 0 Å². The van der Waals surface area contributed by atoms with Crippen molar-refractivity contribution in [1.29, 1.82) is 0 Å². The molecule has 0 bridgehead atoms. The molecule has 0 rings (SSSR count). The lowest BCUT2D eigenvalue weighted by molar-refractivity contribution is 0.328. The van der Waals surface area contributed by atoms with E-state index >= 15 is 0 Å². The fourth-order valence-corrected chi connectivity index (χ4v) is 1.43. The van der Waals surface area contributed by atoms with E-state index in [-0.39, 0.29) is 7.43 Å². The Balaban J connectivity index is 0. The van der Waals surface area contributed by atoms with Gasteiger partial charge in [0.25, 0.3) is 0 Å². The summed E-state index contributed by atoms with van der Waals surface area (Å²) in [6.45, 7) is 9.22. The van der Waals surface area contributed by atoms with E-state index in [0.29, 0.717) is 0 Å². The summed E-state index contributed by atoms with van der Waals surface area (Å²) in [6.07, 6.45) is 4.04. The van der Waals surface area contributed by atoms with E-state index in [1.165, 1.54) is 19.3 Å². The summed E-state index contributed by atoms with van der Waals surface area (Å²) in [5.74, 6) is 1.90. The van der Waals surface area contributed by atoms with Crippen molar-refractivity contribution in [3.05, 3.63) is 0 Å². The van der Waals surface area contributed by atoms with Gasteiger partial charge in [-0.05, 0) is 11.8 Å². The van der Waals surface area contributed by atoms with Crippen molar-refractivity contribution in [2.45, 2.75) is 54.4 Å². The van der Waals surface area contributed by atoms with Gasteiger partial charge in [0.1, 0.15) is 0 Å². The molecule has 0 N–H and O–H groups in total. The summed E-state index contributed by atoms with van der Waals surface area (Å²) < 4.78 is 0. The van der Waals surface area contributed by atoms with E-state index in [1.54, 1.807) is 0 Å². The van der Waals surface area contributed by atoms with Crippen LogP contribution in [0, 0.1) is 11.8 Å². The van der Waals surface area contributed by atoms with Crippen LogP contribution >= 0.6 is 0 Å². The zero-order valence-corrected chi connectivity index (χ0v) is 7.28. The van der Waals surface area contributed by atoms with Gasteiger partial charge in [0.15, 0.2) is 0 Å². The Hall–Kier alpha value is 0. The highest BCUT2D eigenvalue weighted by Crippen LogP contribution is 2.21. The minimum absolute atomic E-state index is 0. The standard InChI is InChI=1S/C9H20.CH4/c1-5-8(4)9(6-2)7-3;/h8-9H,5-7H2,1-4H3;1H4. The Labute approximate surface area is 67.0 Å². The molecule has 0 aromatic carbocycles. The molecule has 10 heavy (non-hydrogen) atoms. The van der Waals surface area contributed by atoms with Gasteiger partial charge < -0.3 is 0 Å². The molecule has 1 unspecified atom stereocenters. The topological polar surface area (TPSA) is 0 Å². The molecule has 0 aromatic heterocycles. The largest absolute Gasteiger partial charge is 0.0776 e. The second-order valence-corrected chi connectivity index (χ2v) is 2.96. The summed E-state index contributed by atoms with van der Waals surface area (Å²) in [5, 5.41) is 0. The molecular weight excluding hydrogens is 120 g/mol. The van der Waals surface area contributed by atoms with Gasteiger partial charge in [-0.3, -0.25) is 0 Å². The Morgan fingerprint density at radius 3 is 1.40 bits per heavy atom. The Bertz CT molecular complexity index is 53.1. The Kier molecular flexibility index (Phi) is 9.00.